The van der Waals surface area contributed by atoms with Crippen molar-refractivity contribution in [1.82, 2.24) is 9.78 Å². The number of methoxy groups -OCH3 is 1. The number of nitrogens with zero attached hydrogens (tertiary/aromatic N) is 2. The topological polar surface area (TPSA) is 70.1 Å². The summed E-state index contributed by atoms with van der Waals surface area (Å²) < 4.78 is 6.69. The molecule has 2 N–H and O–H groups in total. The molecule has 0 saturated heterocycles. The Morgan fingerprint density at radius 2 is 1.90 bits per heavy atom. The zero-order chi connectivity index (χ0) is 15.0. The Morgan fingerprint density at radius 3 is 2.57 bits per heavy atom. The molecule has 106 valence electrons. The SMILES string of the molecule is COc1cnn(C)c1C(=O)c1cc2ccccc2cc1N. The van der Waals surface area contributed by atoms with Crippen LogP contribution < -0.4 is 10.5 Å². The van der Waals surface area contributed by atoms with Crippen LogP contribution in [0.15, 0.2) is 42.6 Å². The average molecular weight is 281 g/mol. The fourth-order valence-corrected chi connectivity index (χ4v) is 2.41. The minimum absolute atomic E-state index is 0.199. The Bertz CT molecular complexity index is 837. The summed E-state index contributed by atoms with van der Waals surface area (Å²) in [5.74, 6) is 0.241. The summed E-state index contributed by atoms with van der Waals surface area (Å²) in [6.07, 6.45) is 1.52. The second-order valence-electron chi connectivity index (χ2n) is 4.80. The van der Waals surface area contributed by atoms with E-state index in [1.165, 1.54) is 18.0 Å². The molecule has 0 bridgehead atoms. The third kappa shape index (κ3) is 2.12. The number of ketones is 1. The molecular weight excluding hydrogens is 266 g/mol. The number of aryl methyl sites for hydroxylation is 1. The van der Waals surface area contributed by atoms with Crippen LogP contribution in [0, 0.1) is 0 Å². The molecule has 1 heterocycles. The molecule has 0 unspecified atom stereocenters. The van der Waals surface area contributed by atoms with E-state index < -0.39 is 0 Å². The van der Waals surface area contributed by atoms with Gasteiger partial charge in [0.1, 0.15) is 0 Å². The first-order valence-electron chi connectivity index (χ1n) is 6.50. The van der Waals surface area contributed by atoms with Gasteiger partial charge in [-0.3, -0.25) is 9.48 Å². The molecule has 3 aromatic rings. The molecule has 0 aliphatic heterocycles. The molecule has 21 heavy (non-hydrogen) atoms. The molecule has 5 nitrogen and oxygen atoms in total. The van der Waals surface area contributed by atoms with Crippen LogP contribution in [-0.2, 0) is 7.05 Å². The second-order valence-corrected chi connectivity index (χ2v) is 4.80. The summed E-state index contributed by atoms with van der Waals surface area (Å²) in [6.45, 7) is 0. The summed E-state index contributed by atoms with van der Waals surface area (Å²) in [5, 5.41) is 6.03. The van der Waals surface area contributed by atoms with Crippen molar-refractivity contribution in [3.63, 3.8) is 0 Å². The van der Waals surface area contributed by atoms with Gasteiger partial charge in [-0.15, -0.1) is 0 Å². The molecule has 0 atom stereocenters. The van der Waals surface area contributed by atoms with Crippen molar-refractivity contribution in [2.75, 3.05) is 12.8 Å². The van der Waals surface area contributed by atoms with Crippen molar-refractivity contribution >= 4 is 22.2 Å². The van der Waals surface area contributed by atoms with E-state index in [4.69, 9.17) is 10.5 Å². The van der Waals surface area contributed by atoms with E-state index in [1.807, 2.05) is 30.3 Å². The highest BCUT2D eigenvalue weighted by Gasteiger charge is 2.21. The zero-order valence-corrected chi connectivity index (χ0v) is 11.8. The van der Waals surface area contributed by atoms with E-state index in [1.54, 1.807) is 13.1 Å². The first-order chi connectivity index (χ1) is 10.1. The third-order valence-corrected chi connectivity index (χ3v) is 3.50. The predicted octanol–water partition coefficient (Wildman–Crippen LogP) is 2.40. The Balaban J connectivity index is 2.17. The van der Waals surface area contributed by atoms with Crippen molar-refractivity contribution in [3.05, 3.63) is 53.9 Å². The van der Waals surface area contributed by atoms with Gasteiger partial charge < -0.3 is 10.5 Å². The molecule has 5 heteroatoms. The number of fused-ring (bicyclic) bond motifs is 1. The molecule has 1 aromatic heterocycles. The van der Waals surface area contributed by atoms with Gasteiger partial charge >= 0.3 is 0 Å². The fraction of sp³-hybridized carbons (Fsp3) is 0.125. The van der Waals surface area contributed by atoms with Crippen molar-refractivity contribution in [1.29, 1.82) is 0 Å². The Morgan fingerprint density at radius 1 is 1.24 bits per heavy atom. The maximum absolute atomic E-state index is 12.8. The maximum atomic E-state index is 12.8. The fourth-order valence-electron chi connectivity index (χ4n) is 2.41. The van der Waals surface area contributed by atoms with Crippen molar-refractivity contribution in [2.45, 2.75) is 0 Å². The molecular formula is C16H15N3O2. The number of carbonyl (C=O) groups is 1. The van der Waals surface area contributed by atoms with Crippen LogP contribution in [0.25, 0.3) is 10.8 Å². The first kappa shape index (κ1) is 13.2. The van der Waals surface area contributed by atoms with Crippen LogP contribution in [0.1, 0.15) is 16.1 Å². The van der Waals surface area contributed by atoms with Crippen molar-refractivity contribution in [2.24, 2.45) is 7.05 Å². The van der Waals surface area contributed by atoms with E-state index in [-0.39, 0.29) is 5.78 Å². The van der Waals surface area contributed by atoms with Gasteiger partial charge in [0.25, 0.3) is 0 Å². The van der Waals surface area contributed by atoms with E-state index >= 15 is 0 Å². The van der Waals surface area contributed by atoms with Gasteiger partial charge in [-0.25, -0.2) is 0 Å². The summed E-state index contributed by atoms with van der Waals surface area (Å²) in [6, 6.07) is 11.4. The summed E-state index contributed by atoms with van der Waals surface area (Å²) in [5.41, 5.74) is 7.33. The molecule has 0 amide bonds. The van der Waals surface area contributed by atoms with Gasteiger partial charge in [-0.1, -0.05) is 24.3 Å². The number of carbonyl (C=O) groups excluding carboxylic acids is 1. The van der Waals surface area contributed by atoms with E-state index in [2.05, 4.69) is 5.10 Å². The number of anilines is 1. The molecule has 0 radical (unpaired) electrons. The number of hydrogen-bond acceptors (Lipinski definition) is 4. The summed E-state index contributed by atoms with van der Waals surface area (Å²) >= 11 is 0. The number of nitrogen functional groups attached to an aromatic ring is 1. The van der Waals surface area contributed by atoms with Crippen LogP contribution in [-0.4, -0.2) is 22.7 Å². The van der Waals surface area contributed by atoms with Crippen molar-refractivity contribution < 1.29 is 9.53 Å². The molecule has 0 saturated carbocycles. The molecule has 0 aliphatic rings. The quantitative estimate of drug-likeness (QED) is 0.591. The minimum Gasteiger partial charge on any atom is -0.493 e. The van der Waals surface area contributed by atoms with Gasteiger partial charge in [0.15, 0.2) is 11.4 Å². The van der Waals surface area contributed by atoms with Gasteiger partial charge in [-0.2, -0.15) is 5.10 Å². The second kappa shape index (κ2) is 4.94. The lowest BCUT2D eigenvalue weighted by atomic mass is 10.0. The monoisotopic (exact) mass is 281 g/mol. The van der Waals surface area contributed by atoms with Crippen LogP contribution in [0.4, 0.5) is 5.69 Å². The Kier molecular flexibility index (Phi) is 3.10. The van der Waals surface area contributed by atoms with Crippen LogP contribution in [0.5, 0.6) is 5.75 Å². The third-order valence-electron chi connectivity index (χ3n) is 3.50. The largest absolute Gasteiger partial charge is 0.493 e. The predicted molar refractivity (Wildman–Crippen MR) is 81.6 cm³/mol. The van der Waals surface area contributed by atoms with Gasteiger partial charge in [-0.05, 0) is 22.9 Å². The number of nitrogens with two attached hydrogens (primary N) is 1. The summed E-state index contributed by atoms with van der Waals surface area (Å²) in [4.78, 5) is 12.8. The number of benzene rings is 2. The van der Waals surface area contributed by atoms with E-state index in [9.17, 15) is 4.79 Å². The molecule has 0 spiro atoms. The number of ether oxygens (including phenoxy) is 1. The van der Waals surface area contributed by atoms with Gasteiger partial charge in [0.05, 0.1) is 13.3 Å². The van der Waals surface area contributed by atoms with Crippen LogP contribution in [0.2, 0.25) is 0 Å². The van der Waals surface area contributed by atoms with Gasteiger partial charge in [0.2, 0.25) is 5.78 Å². The Labute approximate surface area is 121 Å². The number of rotatable bonds is 3. The average Bonchev–Trinajstić information content (AvgIpc) is 2.86. The molecule has 3 rings (SSSR count). The minimum atomic E-state index is -0.199. The van der Waals surface area contributed by atoms with Crippen LogP contribution in [0.3, 0.4) is 0 Å². The van der Waals surface area contributed by atoms with Crippen molar-refractivity contribution in [3.8, 4) is 5.75 Å². The smallest absolute Gasteiger partial charge is 0.216 e. The number of aromatic nitrogens is 2. The zero-order valence-electron chi connectivity index (χ0n) is 11.8. The first-order valence-corrected chi connectivity index (χ1v) is 6.50. The standard InChI is InChI=1S/C16H15N3O2/c1-19-15(14(21-2)9-18-19)16(20)12-7-10-5-3-4-6-11(10)8-13(12)17/h3-9H,17H2,1-2H3. The lowest BCUT2D eigenvalue weighted by Gasteiger charge is -2.09. The van der Waals surface area contributed by atoms with Gasteiger partial charge in [0, 0.05) is 18.3 Å². The molecule has 0 fully saturated rings. The summed E-state index contributed by atoms with van der Waals surface area (Å²) in [7, 11) is 3.21. The Hall–Kier alpha value is -2.82. The molecule has 2 aromatic carbocycles. The highest BCUT2D eigenvalue weighted by atomic mass is 16.5. The highest BCUT2D eigenvalue weighted by Crippen LogP contribution is 2.27. The normalized spacial score (nSPS) is 10.8. The maximum Gasteiger partial charge on any atom is 0.216 e. The number of hydrogen-bond donors (Lipinski definition) is 1. The highest BCUT2D eigenvalue weighted by molar-refractivity contribution is 6.14. The lowest BCUT2D eigenvalue weighted by Crippen LogP contribution is -2.11. The van der Waals surface area contributed by atoms with Crippen LogP contribution >= 0.6 is 0 Å². The lowest BCUT2D eigenvalue weighted by molar-refractivity contribution is 0.102. The van der Waals surface area contributed by atoms with E-state index in [0.29, 0.717) is 22.7 Å². The van der Waals surface area contributed by atoms with E-state index in [0.717, 1.165) is 10.8 Å². The molecule has 0 aliphatic carbocycles.